The van der Waals surface area contributed by atoms with Crippen LogP contribution in [-0.4, -0.2) is 19.0 Å². The SMILES string of the molecule is Cc1ccc2c(c1)C1(CCN2)CNC(=O)C1. The topological polar surface area (TPSA) is 41.1 Å². The summed E-state index contributed by atoms with van der Waals surface area (Å²) in [5.41, 5.74) is 3.83. The average Bonchev–Trinajstić information content (AvgIpc) is 2.63. The molecule has 0 aromatic heterocycles. The van der Waals surface area contributed by atoms with Crippen LogP contribution in [0.4, 0.5) is 5.69 Å². The minimum Gasteiger partial charge on any atom is -0.385 e. The summed E-state index contributed by atoms with van der Waals surface area (Å²) in [6.45, 7) is 3.86. The molecule has 3 nitrogen and oxygen atoms in total. The summed E-state index contributed by atoms with van der Waals surface area (Å²) >= 11 is 0. The molecule has 1 aromatic carbocycles. The van der Waals surface area contributed by atoms with Gasteiger partial charge in [0.05, 0.1) is 0 Å². The van der Waals surface area contributed by atoms with Crippen molar-refractivity contribution in [3.8, 4) is 0 Å². The standard InChI is InChI=1S/C13H16N2O/c1-9-2-3-11-10(6-9)13(4-5-14-11)7-12(16)15-8-13/h2-3,6,14H,4-5,7-8H2,1H3,(H,15,16). The summed E-state index contributed by atoms with van der Waals surface area (Å²) in [5.74, 6) is 0.189. The summed E-state index contributed by atoms with van der Waals surface area (Å²) in [5, 5.41) is 6.39. The third-order valence-corrected chi connectivity index (χ3v) is 3.79. The first-order valence-electron chi connectivity index (χ1n) is 5.81. The molecule has 2 heterocycles. The molecule has 3 heteroatoms. The molecule has 84 valence electrons. The first-order chi connectivity index (χ1) is 7.70. The third kappa shape index (κ3) is 1.31. The van der Waals surface area contributed by atoms with Gasteiger partial charge in [-0.2, -0.15) is 0 Å². The molecule has 0 saturated carbocycles. The molecule has 0 radical (unpaired) electrons. The number of benzene rings is 1. The Morgan fingerprint density at radius 2 is 2.19 bits per heavy atom. The fourth-order valence-electron chi connectivity index (χ4n) is 2.89. The lowest BCUT2D eigenvalue weighted by Gasteiger charge is -2.35. The zero-order chi connectivity index (χ0) is 11.2. The molecule has 3 rings (SSSR count). The van der Waals surface area contributed by atoms with Gasteiger partial charge in [0, 0.05) is 30.6 Å². The number of aryl methyl sites for hydroxylation is 1. The van der Waals surface area contributed by atoms with Crippen molar-refractivity contribution in [2.45, 2.75) is 25.2 Å². The van der Waals surface area contributed by atoms with Crippen molar-refractivity contribution < 1.29 is 4.79 Å². The molecular formula is C13H16N2O. The summed E-state index contributed by atoms with van der Waals surface area (Å²) < 4.78 is 0. The number of nitrogens with one attached hydrogen (secondary N) is 2. The van der Waals surface area contributed by atoms with Crippen molar-refractivity contribution in [1.29, 1.82) is 0 Å². The summed E-state index contributed by atoms with van der Waals surface area (Å²) in [6.07, 6.45) is 1.69. The smallest absolute Gasteiger partial charge is 0.220 e. The molecule has 1 spiro atoms. The molecule has 1 saturated heterocycles. The molecule has 2 aliphatic heterocycles. The van der Waals surface area contributed by atoms with Gasteiger partial charge in [0.2, 0.25) is 5.91 Å². The highest BCUT2D eigenvalue weighted by molar-refractivity contribution is 5.82. The van der Waals surface area contributed by atoms with E-state index in [-0.39, 0.29) is 11.3 Å². The molecule has 1 fully saturated rings. The predicted octanol–water partition coefficient (Wildman–Crippen LogP) is 1.57. The number of rotatable bonds is 0. The van der Waals surface area contributed by atoms with Crippen molar-refractivity contribution >= 4 is 11.6 Å². The Bertz CT molecular complexity index is 455. The van der Waals surface area contributed by atoms with Crippen molar-refractivity contribution in [2.75, 3.05) is 18.4 Å². The van der Waals surface area contributed by atoms with Gasteiger partial charge in [-0.1, -0.05) is 17.7 Å². The Balaban J connectivity index is 2.11. The Morgan fingerprint density at radius 1 is 1.31 bits per heavy atom. The zero-order valence-electron chi connectivity index (χ0n) is 9.47. The number of fused-ring (bicyclic) bond motifs is 2. The highest BCUT2D eigenvalue weighted by Gasteiger charge is 2.42. The van der Waals surface area contributed by atoms with Gasteiger partial charge in [0.15, 0.2) is 0 Å². The molecule has 1 aromatic rings. The van der Waals surface area contributed by atoms with Crippen LogP contribution in [-0.2, 0) is 10.2 Å². The van der Waals surface area contributed by atoms with Crippen molar-refractivity contribution in [3.63, 3.8) is 0 Å². The summed E-state index contributed by atoms with van der Waals surface area (Å²) in [6, 6.07) is 6.48. The lowest BCUT2D eigenvalue weighted by molar-refractivity contribution is -0.119. The van der Waals surface area contributed by atoms with E-state index in [1.165, 1.54) is 16.8 Å². The molecule has 1 atom stereocenters. The molecule has 16 heavy (non-hydrogen) atoms. The van der Waals surface area contributed by atoms with Gasteiger partial charge < -0.3 is 10.6 Å². The van der Waals surface area contributed by atoms with E-state index in [1.54, 1.807) is 0 Å². The van der Waals surface area contributed by atoms with Crippen molar-refractivity contribution in [3.05, 3.63) is 29.3 Å². The first-order valence-corrected chi connectivity index (χ1v) is 5.81. The average molecular weight is 216 g/mol. The van der Waals surface area contributed by atoms with Gasteiger partial charge in [-0.25, -0.2) is 0 Å². The highest BCUT2D eigenvalue weighted by atomic mass is 16.1. The molecular weight excluding hydrogens is 200 g/mol. The van der Waals surface area contributed by atoms with E-state index in [2.05, 4.69) is 35.8 Å². The lowest BCUT2D eigenvalue weighted by atomic mass is 9.73. The molecule has 2 aliphatic rings. The van der Waals surface area contributed by atoms with Crippen LogP contribution in [0.3, 0.4) is 0 Å². The molecule has 2 N–H and O–H groups in total. The van der Waals surface area contributed by atoms with Crippen molar-refractivity contribution in [2.24, 2.45) is 0 Å². The van der Waals surface area contributed by atoms with E-state index in [4.69, 9.17) is 0 Å². The fourth-order valence-corrected chi connectivity index (χ4v) is 2.89. The number of carbonyl (C=O) groups is 1. The summed E-state index contributed by atoms with van der Waals surface area (Å²) in [4.78, 5) is 11.5. The van der Waals surface area contributed by atoms with Crippen LogP contribution in [0.5, 0.6) is 0 Å². The second kappa shape index (κ2) is 3.24. The normalized spacial score (nSPS) is 27.4. The maximum absolute atomic E-state index is 11.5. The predicted molar refractivity (Wildman–Crippen MR) is 63.6 cm³/mol. The maximum Gasteiger partial charge on any atom is 0.220 e. The van der Waals surface area contributed by atoms with Crippen LogP contribution in [0.2, 0.25) is 0 Å². The van der Waals surface area contributed by atoms with Crippen LogP contribution in [0, 0.1) is 6.92 Å². The number of amides is 1. The van der Waals surface area contributed by atoms with Crippen molar-refractivity contribution in [1.82, 2.24) is 5.32 Å². The minimum atomic E-state index is 0.0453. The summed E-state index contributed by atoms with van der Waals surface area (Å²) in [7, 11) is 0. The Hall–Kier alpha value is -1.51. The zero-order valence-corrected chi connectivity index (χ0v) is 9.47. The lowest BCUT2D eigenvalue weighted by Crippen LogP contribution is -2.36. The second-order valence-corrected chi connectivity index (χ2v) is 4.96. The largest absolute Gasteiger partial charge is 0.385 e. The number of anilines is 1. The maximum atomic E-state index is 11.5. The molecule has 0 bridgehead atoms. The van der Waals surface area contributed by atoms with E-state index >= 15 is 0 Å². The van der Waals surface area contributed by atoms with E-state index < -0.39 is 0 Å². The highest BCUT2D eigenvalue weighted by Crippen LogP contribution is 2.41. The van der Waals surface area contributed by atoms with Crippen LogP contribution < -0.4 is 10.6 Å². The van der Waals surface area contributed by atoms with Gasteiger partial charge in [0.25, 0.3) is 0 Å². The van der Waals surface area contributed by atoms with Crippen LogP contribution in [0.1, 0.15) is 24.0 Å². The quantitative estimate of drug-likeness (QED) is 0.691. The van der Waals surface area contributed by atoms with Crippen LogP contribution in [0.25, 0.3) is 0 Å². The van der Waals surface area contributed by atoms with Gasteiger partial charge in [-0.15, -0.1) is 0 Å². The Kier molecular flexibility index (Phi) is 1.96. The third-order valence-electron chi connectivity index (χ3n) is 3.79. The number of carbonyl (C=O) groups excluding carboxylic acids is 1. The fraction of sp³-hybridized carbons (Fsp3) is 0.462. The van der Waals surface area contributed by atoms with Gasteiger partial charge >= 0.3 is 0 Å². The number of hydrogen-bond acceptors (Lipinski definition) is 2. The first kappa shape index (κ1) is 9.70. The van der Waals surface area contributed by atoms with Crippen LogP contribution >= 0.6 is 0 Å². The monoisotopic (exact) mass is 216 g/mol. The van der Waals surface area contributed by atoms with E-state index in [9.17, 15) is 4.79 Å². The van der Waals surface area contributed by atoms with Gasteiger partial charge in [-0.3, -0.25) is 4.79 Å². The van der Waals surface area contributed by atoms with E-state index in [1.807, 2.05) is 0 Å². The Morgan fingerprint density at radius 3 is 2.94 bits per heavy atom. The molecule has 1 amide bonds. The molecule has 0 aliphatic carbocycles. The molecule has 1 unspecified atom stereocenters. The van der Waals surface area contributed by atoms with Gasteiger partial charge in [-0.05, 0) is 25.0 Å². The second-order valence-electron chi connectivity index (χ2n) is 4.96. The van der Waals surface area contributed by atoms with E-state index in [0.717, 1.165) is 19.5 Å². The van der Waals surface area contributed by atoms with Crippen LogP contribution in [0.15, 0.2) is 18.2 Å². The van der Waals surface area contributed by atoms with Gasteiger partial charge in [0.1, 0.15) is 0 Å². The number of hydrogen-bond donors (Lipinski definition) is 2. The minimum absolute atomic E-state index is 0.0453. The Labute approximate surface area is 95.2 Å². The van der Waals surface area contributed by atoms with E-state index in [0.29, 0.717) is 6.42 Å².